The van der Waals surface area contributed by atoms with E-state index in [1.54, 1.807) is 0 Å². The fourth-order valence-electron chi connectivity index (χ4n) is 2.67. The second-order valence-electron chi connectivity index (χ2n) is 5.54. The Morgan fingerprint density at radius 1 is 1.31 bits per heavy atom. The van der Waals surface area contributed by atoms with Crippen LogP contribution in [0.3, 0.4) is 0 Å². The van der Waals surface area contributed by atoms with Crippen LogP contribution in [0.15, 0.2) is 0 Å². The van der Waals surface area contributed by atoms with Crippen molar-refractivity contribution in [3.8, 4) is 0 Å². The Labute approximate surface area is 98.9 Å². The molecule has 2 aliphatic rings. The molecule has 1 saturated carbocycles. The quantitative estimate of drug-likeness (QED) is 0.801. The molecule has 0 aromatic heterocycles. The summed E-state index contributed by atoms with van der Waals surface area (Å²) in [7, 11) is 0. The molecule has 1 aliphatic carbocycles. The molecule has 0 radical (unpaired) electrons. The highest BCUT2D eigenvalue weighted by atomic mass is 16.5. The summed E-state index contributed by atoms with van der Waals surface area (Å²) < 4.78 is 11.5. The van der Waals surface area contributed by atoms with Crippen LogP contribution in [-0.2, 0) is 9.47 Å². The molecule has 1 saturated heterocycles. The summed E-state index contributed by atoms with van der Waals surface area (Å²) in [6.07, 6.45) is 7.20. The van der Waals surface area contributed by atoms with Gasteiger partial charge in [-0.1, -0.05) is 19.3 Å². The lowest BCUT2D eigenvalue weighted by atomic mass is 9.81. The molecule has 94 valence electrons. The highest BCUT2D eigenvalue weighted by Gasteiger charge is 2.36. The second-order valence-corrected chi connectivity index (χ2v) is 5.54. The largest absolute Gasteiger partial charge is 0.376 e. The van der Waals surface area contributed by atoms with Crippen LogP contribution in [0, 0.1) is 0 Å². The van der Waals surface area contributed by atoms with Gasteiger partial charge in [-0.15, -0.1) is 0 Å². The molecule has 16 heavy (non-hydrogen) atoms. The predicted molar refractivity (Wildman–Crippen MR) is 64.6 cm³/mol. The smallest absolute Gasteiger partial charge is 0.0933 e. The summed E-state index contributed by atoms with van der Waals surface area (Å²) >= 11 is 0. The first kappa shape index (κ1) is 12.3. The summed E-state index contributed by atoms with van der Waals surface area (Å²) in [4.78, 5) is 0. The van der Waals surface area contributed by atoms with Gasteiger partial charge in [-0.3, -0.25) is 0 Å². The number of hydrogen-bond acceptors (Lipinski definition) is 3. The predicted octanol–water partition coefficient (Wildman–Crippen LogP) is 2.10. The Kier molecular flexibility index (Phi) is 4.22. The molecule has 1 heterocycles. The van der Waals surface area contributed by atoms with Crippen molar-refractivity contribution in [1.82, 2.24) is 5.32 Å². The first-order valence-corrected chi connectivity index (χ1v) is 6.68. The van der Waals surface area contributed by atoms with E-state index in [0.717, 1.165) is 19.8 Å². The van der Waals surface area contributed by atoms with E-state index in [4.69, 9.17) is 9.47 Å². The van der Waals surface area contributed by atoms with Gasteiger partial charge in [-0.05, 0) is 26.7 Å². The van der Waals surface area contributed by atoms with Crippen molar-refractivity contribution in [3.63, 3.8) is 0 Å². The van der Waals surface area contributed by atoms with Gasteiger partial charge in [0, 0.05) is 12.1 Å². The topological polar surface area (TPSA) is 30.5 Å². The van der Waals surface area contributed by atoms with Gasteiger partial charge in [0.25, 0.3) is 0 Å². The highest BCUT2D eigenvalue weighted by molar-refractivity contribution is 4.94. The minimum absolute atomic E-state index is 0.245. The lowest BCUT2D eigenvalue weighted by Crippen LogP contribution is -2.58. The van der Waals surface area contributed by atoms with E-state index in [2.05, 4.69) is 19.2 Å². The summed E-state index contributed by atoms with van der Waals surface area (Å²) in [5, 5.41) is 3.70. The van der Waals surface area contributed by atoms with Crippen molar-refractivity contribution in [2.75, 3.05) is 19.8 Å². The summed E-state index contributed by atoms with van der Waals surface area (Å²) in [6, 6.07) is 0. The van der Waals surface area contributed by atoms with Gasteiger partial charge in [0.15, 0.2) is 0 Å². The maximum atomic E-state index is 5.93. The van der Waals surface area contributed by atoms with Gasteiger partial charge in [-0.25, -0.2) is 0 Å². The van der Waals surface area contributed by atoms with Crippen LogP contribution in [0.25, 0.3) is 0 Å². The van der Waals surface area contributed by atoms with Crippen LogP contribution in [0.4, 0.5) is 0 Å². The standard InChI is InChI=1S/C13H25NO2/c1-11(2)15-9-12-8-14-13(10-16-12)6-4-3-5-7-13/h11-12,14H,3-10H2,1-2H3. The molecule has 0 bridgehead atoms. The number of hydrogen-bond donors (Lipinski definition) is 1. The van der Waals surface area contributed by atoms with Crippen LogP contribution >= 0.6 is 0 Å². The average molecular weight is 227 g/mol. The maximum absolute atomic E-state index is 5.93. The Bertz CT molecular complexity index is 202. The molecular formula is C13H25NO2. The van der Waals surface area contributed by atoms with Crippen LogP contribution < -0.4 is 5.32 Å². The van der Waals surface area contributed by atoms with E-state index in [9.17, 15) is 0 Å². The number of morpholine rings is 1. The van der Waals surface area contributed by atoms with Crippen LogP contribution in [0.2, 0.25) is 0 Å². The number of nitrogens with one attached hydrogen (secondary N) is 1. The summed E-state index contributed by atoms with van der Waals surface area (Å²) in [5.41, 5.74) is 0.298. The molecule has 1 unspecified atom stereocenters. The first-order valence-electron chi connectivity index (χ1n) is 6.68. The zero-order valence-electron chi connectivity index (χ0n) is 10.6. The first-order chi connectivity index (χ1) is 7.70. The molecule has 0 aromatic rings. The molecule has 2 rings (SSSR count). The van der Waals surface area contributed by atoms with Crippen LogP contribution in [-0.4, -0.2) is 37.5 Å². The monoisotopic (exact) mass is 227 g/mol. The SMILES string of the molecule is CC(C)OCC1CNC2(CCCCC2)CO1. The fraction of sp³-hybridized carbons (Fsp3) is 1.00. The maximum Gasteiger partial charge on any atom is 0.0933 e. The van der Waals surface area contributed by atoms with Gasteiger partial charge < -0.3 is 14.8 Å². The summed E-state index contributed by atoms with van der Waals surface area (Å²) in [5.74, 6) is 0. The molecule has 1 spiro atoms. The molecule has 0 aromatic carbocycles. The Hall–Kier alpha value is -0.120. The third kappa shape index (κ3) is 3.19. The van der Waals surface area contributed by atoms with Gasteiger partial charge in [0.1, 0.15) is 0 Å². The van der Waals surface area contributed by atoms with Crippen molar-refractivity contribution < 1.29 is 9.47 Å². The van der Waals surface area contributed by atoms with E-state index in [1.807, 2.05) is 0 Å². The Morgan fingerprint density at radius 2 is 2.06 bits per heavy atom. The minimum atomic E-state index is 0.245. The molecular weight excluding hydrogens is 202 g/mol. The van der Waals surface area contributed by atoms with Crippen molar-refractivity contribution in [2.45, 2.75) is 63.7 Å². The lowest BCUT2D eigenvalue weighted by molar-refractivity contribution is -0.0874. The van der Waals surface area contributed by atoms with E-state index in [1.165, 1.54) is 32.1 Å². The third-order valence-corrected chi connectivity index (χ3v) is 3.73. The number of ether oxygens (including phenoxy) is 2. The van der Waals surface area contributed by atoms with E-state index < -0.39 is 0 Å². The minimum Gasteiger partial charge on any atom is -0.376 e. The second kappa shape index (κ2) is 5.48. The van der Waals surface area contributed by atoms with Crippen LogP contribution in [0.5, 0.6) is 0 Å². The van der Waals surface area contributed by atoms with E-state index in [-0.39, 0.29) is 6.10 Å². The zero-order valence-corrected chi connectivity index (χ0v) is 10.6. The average Bonchev–Trinajstić information content (AvgIpc) is 2.29. The van der Waals surface area contributed by atoms with E-state index in [0.29, 0.717) is 11.6 Å². The van der Waals surface area contributed by atoms with Gasteiger partial charge in [0.05, 0.1) is 25.4 Å². The van der Waals surface area contributed by atoms with E-state index >= 15 is 0 Å². The molecule has 1 aliphatic heterocycles. The lowest BCUT2D eigenvalue weighted by Gasteiger charge is -2.43. The Balaban J connectivity index is 1.73. The van der Waals surface area contributed by atoms with Gasteiger partial charge >= 0.3 is 0 Å². The normalized spacial score (nSPS) is 29.8. The molecule has 0 amide bonds. The highest BCUT2D eigenvalue weighted by Crippen LogP contribution is 2.30. The molecule has 3 heteroatoms. The van der Waals surface area contributed by atoms with Crippen LogP contribution in [0.1, 0.15) is 46.0 Å². The molecule has 1 atom stereocenters. The molecule has 2 fully saturated rings. The number of rotatable bonds is 3. The van der Waals surface area contributed by atoms with Gasteiger partial charge in [0.2, 0.25) is 0 Å². The Morgan fingerprint density at radius 3 is 2.62 bits per heavy atom. The zero-order chi connectivity index (χ0) is 11.4. The van der Waals surface area contributed by atoms with Gasteiger partial charge in [-0.2, -0.15) is 0 Å². The fourth-order valence-corrected chi connectivity index (χ4v) is 2.67. The molecule has 3 nitrogen and oxygen atoms in total. The van der Waals surface area contributed by atoms with Crippen molar-refractivity contribution in [3.05, 3.63) is 0 Å². The summed E-state index contributed by atoms with van der Waals surface area (Å²) in [6.45, 7) is 6.68. The third-order valence-electron chi connectivity index (χ3n) is 3.73. The molecule has 1 N–H and O–H groups in total. The van der Waals surface area contributed by atoms with Crippen molar-refractivity contribution >= 4 is 0 Å². The van der Waals surface area contributed by atoms with Crippen molar-refractivity contribution in [2.24, 2.45) is 0 Å². The van der Waals surface area contributed by atoms with Crippen molar-refractivity contribution in [1.29, 1.82) is 0 Å².